The zero-order chi connectivity index (χ0) is 12.7. The van der Waals surface area contributed by atoms with Crippen LogP contribution in [-0.2, 0) is 6.54 Å². The van der Waals surface area contributed by atoms with Crippen LogP contribution in [0.3, 0.4) is 0 Å². The highest BCUT2D eigenvalue weighted by molar-refractivity contribution is 9.10. The Morgan fingerprint density at radius 2 is 1.71 bits per heavy atom. The van der Waals surface area contributed by atoms with Crippen LogP contribution < -0.4 is 0 Å². The van der Waals surface area contributed by atoms with Gasteiger partial charge in [-0.1, -0.05) is 48.0 Å². The Labute approximate surface area is 114 Å². The number of halogens is 1. The van der Waals surface area contributed by atoms with Gasteiger partial charge < -0.3 is 9.80 Å². The Hall–Kier alpha value is -0.380. The highest BCUT2D eigenvalue weighted by atomic mass is 79.9. The van der Waals surface area contributed by atoms with Gasteiger partial charge in [-0.3, -0.25) is 0 Å². The third kappa shape index (κ3) is 5.19. The van der Waals surface area contributed by atoms with Gasteiger partial charge in [0, 0.05) is 24.1 Å². The van der Waals surface area contributed by atoms with Crippen LogP contribution in [0.5, 0.6) is 0 Å². The Kier molecular flexibility index (Phi) is 6.78. The highest BCUT2D eigenvalue weighted by Gasteiger charge is 2.05. The van der Waals surface area contributed by atoms with Crippen molar-refractivity contribution < 1.29 is 0 Å². The SMILES string of the molecule is CCN(CC)CCN(C)Cc1ccccc1Br. The van der Waals surface area contributed by atoms with Gasteiger partial charge in [0.1, 0.15) is 0 Å². The first-order chi connectivity index (χ1) is 8.17. The molecule has 0 atom stereocenters. The molecule has 0 fully saturated rings. The first-order valence-corrected chi connectivity index (χ1v) is 7.11. The smallest absolute Gasteiger partial charge is 0.0242 e. The molecule has 1 rings (SSSR count). The molecule has 0 unspecified atom stereocenters. The highest BCUT2D eigenvalue weighted by Crippen LogP contribution is 2.17. The first kappa shape index (κ1) is 14.7. The summed E-state index contributed by atoms with van der Waals surface area (Å²) >= 11 is 3.60. The molecule has 1 aromatic rings. The lowest BCUT2D eigenvalue weighted by Crippen LogP contribution is -2.32. The number of benzene rings is 1. The molecule has 17 heavy (non-hydrogen) atoms. The number of hydrogen-bond donors (Lipinski definition) is 0. The van der Waals surface area contributed by atoms with Crippen molar-refractivity contribution in [2.45, 2.75) is 20.4 Å². The summed E-state index contributed by atoms with van der Waals surface area (Å²) in [5.74, 6) is 0. The van der Waals surface area contributed by atoms with Crippen LogP contribution in [0.4, 0.5) is 0 Å². The van der Waals surface area contributed by atoms with Crippen LogP contribution >= 0.6 is 15.9 Å². The quantitative estimate of drug-likeness (QED) is 0.763. The normalized spacial score (nSPS) is 11.4. The van der Waals surface area contributed by atoms with Gasteiger partial charge in [0.2, 0.25) is 0 Å². The number of hydrogen-bond acceptors (Lipinski definition) is 2. The van der Waals surface area contributed by atoms with Crippen molar-refractivity contribution in [1.29, 1.82) is 0 Å². The largest absolute Gasteiger partial charge is 0.303 e. The Balaban J connectivity index is 2.39. The monoisotopic (exact) mass is 298 g/mol. The third-order valence-electron chi connectivity index (χ3n) is 3.09. The van der Waals surface area contributed by atoms with E-state index < -0.39 is 0 Å². The molecule has 0 aliphatic rings. The summed E-state index contributed by atoms with van der Waals surface area (Å²) in [6.45, 7) is 9.98. The van der Waals surface area contributed by atoms with E-state index >= 15 is 0 Å². The molecule has 0 bridgehead atoms. The van der Waals surface area contributed by atoms with E-state index in [0.717, 1.165) is 32.7 Å². The predicted octanol–water partition coefficient (Wildman–Crippen LogP) is 3.22. The predicted molar refractivity (Wildman–Crippen MR) is 78.3 cm³/mol. The number of rotatable bonds is 7. The van der Waals surface area contributed by atoms with E-state index in [9.17, 15) is 0 Å². The van der Waals surface area contributed by atoms with Gasteiger partial charge in [0.25, 0.3) is 0 Å². The molecule has 2 nitrogen and oxygen atoms in total. The maximum atomic E-state index is 3.60. The van der Waals surface area contributed by atoms with Crippen molar-refractivity contribution in [3.05, 3.63) is 34.3 Å². The molecule has 0 saturated carbocycles. The van der Waals surface area contributed by atoms with Crippen molar-refractivity contribution in [2.75, 3.05) is 33.2 Å². The van der Waals surface area contributed by atoms with E-state index in [1.54, 1.807) is 0 Å². The Morgan fingerprint density at radius 3 is 2.29 bits per heavy atom. The minimum atomic E-state index is 1.00. The van der Waals surface area contributed by atoms with E-state index in [0.29, 0.717) is 0 Å². The average molecular weight is 299 g/mol. The van der Waals surface area contributed by atoms with E-state index in [1.165, 1.54) is 10.0 Å². The maximum absolute atomic E-state index is 3.60. The van der Waals surface area contributed by atoms with Gasteiger partial charge in [0.05, 0.1) is 0 Å². The van der Waals surface area contributed by atoms with Gasteiger partial charge in [-0.25, -0.2) is 0 Å². The Bertz CT molecular complexity index is 324. The fourth-order valence-corrected chi connectivity index (χ4v) is 2.26. The molecule has 3 heteroatoms. The van der Waals surface area contributed by atoms with Crippen molar-refractivity contribution in [3.8, 4) is 0 Å². The summed E-state index contributed by atoms with van der Waals surface area (Å²) in [5.41, 5.74) is 1.36. The molecule has 96 valence electrons. The molecular weight excluding hydrogens is 276 g/mol. The second-order valence-electron chi connectivity index (χ2n) is 4.36. The third-order valence-corrected chi connectivity index (χ3v) is 3.86. The van der Waals surface area contributed by atoms with Crippen molar-refractivity contribution >= 4 is 15.9 Å². The van der Waals surface area contributed by atoms with Gasteiger partial charge in [-0.05, 0) is 31.8 Å². The standard InChI is InChI=1S/C14H23BrN2/c1-4-17(5-2)11-10-16(3)12-13-8-6-7-9-14(13)15/h6-9H,4-5,10-12H2,1-3H3. The maximum Gasteiger partial charge on any atom is 0.0242 e. The summed E-state index contributed by atoms with van der Waals surface area (Å²) in [4.78, 5) is 4.83. The van der Waals surface area contributed by atoms with Crippen LogP contribution in [0.2, 0.25) is 0 Å². The zero-order valence-electron chi connectivity index (χ0n) is 11.1. The summed E-state index contributed by atoms with van der Waals surface area (Å²) in [6.07, 6.45) is 0. The lowest BCUT2D eigenvalue weighted by molar-refractivity contribution is 0.236. The summed E-state index contributed by atoms with van der Waals surface area (Å²) in [5, 5.41) is 0. The number of likely N-dealkylation sites (N-methyl/N-ethyl adjacent to an activating group) is 2. The molecule has 1 aromatic carbocycles. The Morgan fingerprint density at radius 1 is 1.06 bits per heavy atom. The molecular formula is C14H23BrN2. The number of nitrogens with zero attached hydrogens (tertiary/aromatic N) is 2. The van der Waals surface area contributed by atoms with Crippen LogP contribution in [0.1, 0.15) is 19.4 Å². The van der Waals surface area contributed by atoms with Crippen molar-refractivity contribution in [1.82, 2.24) is 9.80 Å². The minimum Gasteiger partial charge on any atom is -0.303 e. The van der Waals surface area contributed by atoms with Gasteiger partial charge in [-0.2, -0.15) is 0 Å². The van der Waals surface area contributed by atoms with Gasteiger partial charge in [-0.15, -0.1) is 0 Å². The zero-order valence-corrected chi connectivity index (χ0v) is 12.7. The molecule has 0 spiro atoms. The van der Waals surface area contributed by atoms with Crippen LogP contribution in [0.15, 0.2) is 28.7 Å². The first-order valence-electron chi connectivity index (χ1n) is 6.31. The van der Waals surface area contributed by atoms with E-state index in [-0.39, 0.29) is 0 Å². The minimum absolute atomic E-state index is 1.00. The van der Waals surface area contributed by atoms with Crippen molar-refractivity contribution in [3.63, 3.8) is 0 Å². The van der Waals surface area contributed by atoms with Crippen LogP contribution in [0, 0.1) is 0 Å². The second-order valence-corrected chi connectivity index (χ2v) is 5.21. The molecule has 0 aromatic heterocycles. The van der Waals surface area contributed by atoms with E-state index in [2.05, 4.69) is 70.9 Å². The molecule has 0 aliphatic carbocycles. The molecule has 0 radical (unpaired) electrons. The molecule has 0 N–H and O–H groups in total. The van der Waals surface area contributed by atoms with Gasteiger partial charge >= 0.3 is 0 Å². The summed E-state index contributed by atoms with van der Waals surface area (Å²) < 4.78 is 1.20. The fraction of sp³-hybridized carbons (Fsp3) is 0.571. The summed E-state index contributed by atoms with van der Waals surface area (Å²) in [6, 6.07) is 8.44. The molecule has 0 heterocycles. The molecule has 0 saturated heterocycles. The topological polar surface area (TPSA) is 6.48 Å². The molecule has 0 aliphatic heterocycles. The van der Waals surface area contributed by atoms with Crippen molar-refractivity contribution in [2.24, 2.45) is 0 Å². The lowest BCUT2D eigenvalue weighted by Gasteiger charge is -2.23. The molecule has 0 amide bonds. The lowest BCUT2D eigenvalue weighted by atomic mass is 10.2. The van der Waals surface area contributed by atoms with E-state index in [4.69, 9.17) is 0 Å². The average Bonchev–Trinajstić information content (AvgIpc) is 2.33. The van der Waals surface area contributed by atoms with E-state index in [1.807, 2.05) is 0 Å². The summed E-state index contributed by atoms with van der Waals surface area (Å²) in [7, 11) is 2.18. The van der Waals surface area contributed by atoms with Crippen LogP contribution in [0.25, 0.3) is 0 Å². The fourth-order valence-electron chi connectivity index (χ4n) is 1.85. The van der Waals surface area contributed by atoms with Crippen LogP contribution in [-0.4, -0.2) is 43.0 Å². The van der Waals surface area contributed by atoms with Gasteiger partial charge in [0.15, 0.2) is 0 Å². The second kappa shape index (κ2) is 7.85.